The Kier molecular flexibility index (Phi) is 7.16. The summed E-state index contributed by atoms with van der Waals surface area (Å²) in [4.78, 5) is 12.3. The topological polar surface area (TPSA) is 65.4 Å². The van der Waals surface area contributed by atoms with E-state index in [0.717, 1.165) is 22.4 Å². The normalized spacial score (nSPS) is 10.5. The van der Waals surface area contributed by atoms with Crippen LogP contribution < -0.4 is 14.8 Å². The number of rotatable bonds is 10. The average Bonchev–Trinajstić information content (AvgIpc) is 3.35. The average molecular weight is 428 g/mol. The van der Waals surface area contributed by atoms with Gasteiger partial charge < -0.3 is 14.8 Å². The number of carbonyl (C=O) groups is 1. The second-order valence-electron chi connectivity index (χ2n) is 7.28. The molecule has 0 saturated carbocycles. The van der Waals surface area contributed by atoms with Gasteiger partial charge in [0.2, 0.25) is 0 Å². The van der Waals surface area contributed by atoms with Gasteiger partial charge in [-0.15, -0.1) is 0 Å². The highest BCUT2D eigenvalue weighted by Crippen LogP contribution is 2.18. The number of nitrogens with zero attached hydrogens (tertiary/aromatic N) is 2. The first-order valence-corrected chi connectivity index (χ1v) is 10.5. The SMILES string of the molecule is O=C(COc1ccc(OCc2ccccc2)cc1)NCc1ccccc1Cn1cccn1. The molecule has 4 aromatic rings. The molecule has 0 atom stereocenters. The molecule has 6 nitrogen and oxygen atoms in total. The predicted octanol–water partition coefficient (Wildman–Crippen LogP) is 4.21. The Hall–Kier alpha value is -4.06. The molecule has 0 spiro atoms. The van der Waals surface area contributed by atoms with Crippen LogP contribution in [0.3, 0.4) is 0 Å². The second-order valence-corrected chi connectivity index (χ2v) is 7.28. The van der Waals surface area contributed by atoms with E-state index in [0.29, 0.717) is 25.4 Å². The summed E-state index contributed by atoms with van der Waals surface area (Å²) in [5.41, 5.74) is 3.27. The second kappa shape index (κ2) is 10.8. The zero-order chi connectivity index (χ0) is 22.0. The number of hydrogen-bond donors (Lipinski definition) is 1. The molecule has 0 aliphatic heterocycles. The van der Waals surface area contributed by atoms with Crippen molar-refractivity contribution in [2.24, 2.45) is 0 Å². The lowest BCUT2D eigenvalue weighted by atomic mass is 10.1. The minimum absolute atomic E-state index is 0.0501. The largest absolute Gasteiger partial charge is 0.489 e. The van der Waals surface area contributed by atoms with Gasteiger partial charge in [0.25, 0.3) is 5.91 Å². The summed E-state index contributed by atoms with van der Waals surface area (Å²) >= 11 is 0. The van der Waals surface area contributed by atoms with Crippen LogP contribution in [0.4, 0.5) is 0 Å². The van der Waals surface area contributed by atoms with E-state index in [1.807, 2.05) is 83.7 Å². The van der Waals surface area contributed by atoms with E-state index in [2.05, 4.69) is 10.4 Å². The van der Waals surface area contributed by atoms with Gasteiger partial charge in [0, 0.05) is 18.9 Å². The summed E-state index contributed by atoms with van der Waals surface area (Å²) in [5.74, 6) is 1.19. The molecule has 1 N–H and O–H groups in total. The number of hydrogen-bond acceptors (Lipinski definition) is 4. The van der Waals surface area contributed by atoms with Crippen molar-refractivity contribution in [3.63, 3.8) is 0 Å². The fourth-order valence-electron chi connectivity index (χ4n) is 3.22. The van der Waals surface area contributed by atoms with Crippen molar-refractivity contribution >= 4 is 5.91 Å². The maximum atomic E-state index is 12.3. The van der Waals surface area contributed by atoms with Crippen LogP contribution in [0.1, 0.15) is 16.7 Å². The van der Waals surface area contributed by atoms with Gasteiger partial charge >= 0.3 is 0 Å². The molecule has 162 valence electrons. The van der Waals surface area contributed by atoms with Crippen LogP contribution in [0.5, 0.6) is 11.5 Å². The molecule has 0 aliphatic carbocycles. The van der Waals surface area contributed by atoms with Crippen molar-refractivity contribution < 1.29 is 14.3 Å². The summed E-state index contributed by atoms with van der Waals surface area (Å²) in [6, 6.07) is 27.1. The molecule has 0 radical (unpaired) electrons. The Morgan fingerprint density at radius 2 is 1.50 bits per heavy atom. The van der Waals surface area contributed by atoms with Crippen LogP contribution in [-0.2, 0) is 24.5 Å². The summed E-state index contributed by atoms with van der Waals surface area (Å²) in [6.45, 7) is 1.55. The summed E-state index contributed by atoms with van der Waals surface area (Å²) in [5, 5.41) is 7.17. The molecule has 0 aliphatic rings. The monoisotopic (exact) mass is 427 g/mol. The lowest BCUT2D eigenvalue weighted by molar-refractivity contribution is -0.123. The highest BCUT2D eigenvalue weighted by atomic mass is 16.5. The van der Waals surface area contributed by atoms with Crippen molar-refractivity contribution in [1.29, 1.82) is 0 Å². The smallest absolute Gasteiger partial charge is 0.258 e. The van der Waals surface area contributed by atoms with E-state index in [9.17, 15) is 4.79 Å². The van der Waals surface area contributed by atoms with Crippen molar-refractivity contribution in [3.05, 3.63) is 114 Å². The molecule has 1 amide bonds. The molecule has 0 saturated heterocycles. The van der Waals surface area contributed by atoms with Crippen LogP contribution in [0.25, 0.3) is 0 Å². The molecule has 0 bridgehead atoms. The Bertz CT molecular complexity index is 1110. The number of benzene rings is 3. The number of aromatic nitrogens is 2. The quantitative estimate of drug-likeness (QED) is 0.412. The van der Waals surface area contributed by atoms with Crippen LogP contribution in [-0.4, -0.2) is 22.3 Å². The highest BCUT2D eigenvalue weighted by molar-refractivity contribution is 5.77. The summed E-state index contributed by atoms with van der Waals surface area (Å²) in [6.07, 6.45) is 3.67. The van der Waals surface area contributed by atoms with Crippen molar-refractivity contribution in [2.75, 3.05) is 6.61 Å². The number of nitrogens with one attached hydrogen (secondary N) is 1. The standard InChI is InChI=1S/C26H25N3O3/c30-26(27-17-22-9-4-5-10-23(22)18-29-16-6-15-28-29)20-32-25-13-11-24(12-14-25)31-19-21-7-2-1-3-8-21/h1-16H,17-20H2,(H,27,30). The first kappa shape index (κ1) is 21.2. The molecule has 32 heavy (non-hydrogen) atoms. The first-order valence-electron chi connectivity index (χ1n) is 10.5. The molecule has 3 aromatic carbocycles. The van der Waals surface area contributed by atoms with E-state index in [-0.39, 0.29) is 12.5 Å². The minimum atomic E-state index is -0.178. The lowest BCUT2D eigenvalue weighted by Gasteiger charge is -2.12. The number of amides is 1. The maximum Gasteiger partial charge on any atom is 0.258 e. The van der Waals surface area contributed by atoms with Crippen molar-refractivity contribution in [2.45, 2.75) is 19.7 Å². The van der Waals surface area contributed by atoms with Gasteiger partial charge in [0.15, 0.2) is 6.61 Å². The highest BCUT2D eigenvalue weighted by Gasteiger charge is 2.07. The Morgan fingerprint density at radius 3 is 2.22 bits per heavy atom. The fourth-order valence-corrected chi connectivity index (χ4v) is 3.22. The summed E-state index contributed by atoms with van der Waals surface area (Å²) in [7, 11) is 0. The molecular weight excluding hydrogens is 402 g/mol. The van der Waals surface area contributed by atoms with Gasteiger partial charge in [-0.2, -0.15) is 5.10 Å². The van der Waals surface area contributed by atoms with E-state index in [1.165, 1.54) is 0 Å². The third kappa shape index (κ3) is 6.22. The van der Waals surface area contributed by atoms with Gasteiger partial charge in [0.05, 0.1) is 6.54 Å². The molecule has 6 heteroatoms. The molecule has 4 rings (SSSR count). The van der Waals surface area contributed by atoms with E-state index in [1.54, 1.807) is 18.3 Å². The number of ether oxygens (including phenoxy) is 2. The third-order valence-corrected chi connectivity index (χ3v) is 4.93. The van der Waals surface area contributed by atoms with Gasteiger partial charge in [-0.05, 0) is 47.0 Å². The van der Waals surface area contributed by atoms with E-state index in [4.69, 9.17) is 9.47 Å². The van der Waals surface area contributed by atoms with Crippen LogP contribution in [0, 0.1) is 0 Å². The molecule has 1 aromatic heterocycles. The molecular formula is C26H25N3O3. The van der Waals surface area contributed by atoms with Crippen LogP contribution in [0.2, 0.25) is 0 Å². The zero-order valence-electron chi connectivity index (χ0n) is 17.7. The minimum Gasteiger partial charge on any atom is -0.489 e. The first-order chi connectivity index (χ1) is 15.8. The number of carbonyl (C=O) groups excluding carboxylic acids is 1. The summed E-state index contributed by atoms with van der Waals surface area (Å²) < 4.78 is 13.2. The van der Waals surface area contributed by atoms with E-state index >= 15 is 0 Å². The molecule has 0 unspecified atom stereocenters. The van der Waals surface area contributed by atoms with Gasteiger partial charge in [-0.3, -0.25) is 9.48 Å². The molecule has 1 heterocycles. The van der Waals surface area contributed by atoms with E-state index < -0.39 is 0 Å². The molecule has 0 fully saturated rings. The maximum absolute atomic E-state index is 12.3. The van der Waals surface area contributed by atoms with Gasteiger partial charge in [-0.1, -0.05) is 54.6 Å². The fraction of sp³-hybridized carbons (Fsp3) is 0.154. The van der Waals surface area contributed by atoms with Gasteiger partial charge in [0.1, 0.15) is 18.1 Å². The van der Waals surface area contributed by atoms with Crippen LogP contribution >= 0.6 is 0 Å². The van der Waals surface area contributed by atoms with Crippen molar-refractivity contribution in [3.8, 4) is 11.5 Å². The zero-order valence-corrected chi connectivity index (χ0v) is 17.7. The van der Waals surface area contributed by atoms with Crippen LogP contribution in [0.15, 0.2) is 97.3 Å². The Balaban J connectivity index is 1.22. The third-order valence-electron chi connectivity index (χ3n) is 4.93. The predicted molar refractivity (Wildman–Crippen MR) is 122 cm³/mol. The lowest BCUT2D eigenvalue weighted by Crippen LogP contribution is -2.28. The Labute approximate surface area is 187 Å². The van der Waals surface area contributed by atoms with Gasteiger partial charge in [-0.25, -0.2) is 0 Å². The van der Waals surface area contributed by atoms with Crippen molar-refractivity contribution in [1.82, 2.24) is 15.1 Å². The Morgan fingerprint density at radius 1 is 0.812 bits per heavy atom.